The van der Waals surface area contributed by atoms with Crippen LogP contribution in [0, 0.1) is 6.92 Å². The summed E-state index contributed by atoms with van der Waals surface area (Å²) in [6, 6.07) is 13.3. The van der Waals surface area contributed by atoms with E-state index in [9.17, 15) is 4.79 Å². The molecule has 0 aliphatic heterocycles. The van der Waals surface area contributed by atoms with Crippen molar-refractivity contribution in [2.24, 2.45) is 0 Å². The Morgan fingerprint density at radius 1 is 1.15 bits per heavy atom. The lowest BCUT2D eigenvalue weighted by Gasteiger charge is -2.28. The molecule has 0 fully saturated rings. The van der Waals surface area contributed by atoms with Crippen molar-refractivity contribution in [2.75, 3.05) is 13.7 Å². The van der Waals surface area contributed by atoms with Crippen molar-refractivity contribution in [3.63, 3.8) is 0 Å². The Kier molecular flexibility index (Phi) is 6.48. The van der Waals surface area contributed by atoms with E-state index in [2.05, 4.69) is 20.5 Å². The number of hydrogen-bond acceptors (Lipinski definition) is 6. The number of methoxy groups -OCH3 is 1. The maximum atomic E-state index is 13.6. The smallest absolute Gasteiger partial charge is 0.256 e. The van der Waals surface area contributed by atoms with E-state index < -0.39 is 0 Å². The topological polar surface area (TPSA) is 91.0 Å². The quantitative estimate of drug-likeness (QED) is 0.413. The highest BCUT2D eigenvalue weighted by atomic mass is 16.5. The van der Waals surface area contributed by atoms with Gasteiger partial charge in [-0.25, -0.2) is 4.68 Å². The summed E-state index contributed by atoms with van der Waals surface area (Å²) in [4.78, 5) is 16.9. The predicted octanol–water partition coefficient (Wildman–Crippen LogP) is 3.39. The minimum Gasteiger partial charge on any atom is -0.497 e. The first-order chi connectivity index (χ1) is 16.0. The summed E-state index contributed by atoms with van der Waals surface area (Å²) >= 11 is 0. The van der Waals surface area contributed by atoms with Crippen molar-refractivity contribution < 1.29 is 9.53 Å². The number of aryl methyl sites for hydroxylation is 1. The van der Waals surface area contributed by atoms with Gasteiger partial charge in [0.2, 0.25) is 0 Å². The second-order valence-corrected chi connectivity index (χ2v) is 7.84. The molecule has 0 spiro atoms. The number of nitrogens with zero attached hydrogens (tertiary/aromatic N) is 7. The van der Waals surface area contributed by atoms with Crippen LogP contribution >= 0.6 is 0 Å². The SMILES string of the molecule is CCN(C(=O)c1cc(C)ccc1-n1nccn1)[C@@H](C)Cn1cc(-c2cccc(OC)c2)nn1. The number of rotatable bonds is 8. The van der Waals surface area contributed by atoms with Crippen LogP contribution in [0.1, 0.15) is 29.8 Å². The number of ether oxygens (including phenoxy) is 1. The van der Waals surface area contributed by atoms with Gasteiger partial charge in [-0.15, -0.1) is 5.10 Å². The summed E-state index contributed by atoms with van der Waals surface area (Å²) in [5.74, 6) is 0.688. The van der Waals surface area contributed by atoms with Crippen molar-refractivity contribution in [3.05, 3.63) is 72.2 Å². The van der Waals surface area contributed by atoms with Gasteiger partial charge in [0.25, 0.3) is 5.91 Å². The molecule has 2 aromatic heterocycles. The molecule has 0 bridgehead atoms. The molecule has 1 amide bonds. The molecule has 9 heteroatoms. The number of likely N-dealkylation sites (N-methyl/N-ethyl adjacent to an activating group) is 1. The molecular formula is C24H27N7O2. The van der Waals surface area contributed by atoms with Crippen LogP contribution in [-0.2, 0) is 6.54 Å². The van der Waals surface area contributed by atoms with E-state index in [-0.39, 0.29) is 11.9 Å². The highest BCUT2D eigenvalue weighted by molar-refractivity contribution is 5.98. The van der Waals surface area contributed by atoms with Gasteiger partial charge < -0.3 is 9.64 Å². The van der Waals surface area contributed by atoms with Gasteiger partial charge in [-0.2, -0.15) is 15.0 Å². The van der Waals surface area contributed by atoms with Crippen LogP contribution in [0.15, 0.2) is 61.1 Å². The molecular weight excluding hydrogens is 418 g/mol. The molecule has 170 valence electrons. The molecule has 0 radical (unpaired) electrons. The van der Waals surface area contributed by atoms with Gasteiger partial charge in [0.05, 0.1) is 43.5 Å². The molecule has 0 saturated carbocycles. The molecule has 0 saturated heterocycles. The molecule has 0 unspecified atom stereocenters. The van der Waals surface area contributed by atoms with Gasteiger partial charge in [-0.3, -0.25) is 4.79 Å². The van der Waals surface area contributed by atoms with E-state index >= 15 is 0 Å². The normalized spacial score (nSPS) is 11.9. The highest BCUT2D eigenvalue weighted by Gasteiger charge is 2.24. The Morgan fingerprint density at radius 2 is 1.94 bits per heavy atom. The van der Waals surface area contributed by atoms with Crippen molar-refractivity contribution in [1.29, 1.82) is 0 Å². The number of carbonyl (C=O) groups excluding carboxylic acids is 1. The Hall–Kier alpha value is -4.01. The maximum absolute atomic E-state index is 13.6. The number of aromatic nitrogens is 6. The van der Waals surface area contributed by atoms with Gasteiger partial charge in [-0.05, 0) is 45.0 Å². The molecule has 0 aliphatic rings. The van der Waals surface area contributed by atoms with Gasteiger partial charge in [0.1, 0.15) is 11.4 Å². The average molecular weight is 446 g/mol. The Balaban J connectivity index is 1.55. The minimum atomic E-state index is -0.110. The standard InChI is InChI=1S/C24H27N7O2/c1-5-30(24(32)21-13-17(2)9-10-23(21)31-25-11-12-26-31)18(3)15-29-16-22(27-28-29)19-7-6-8-20(14-19)33-4/h6-14,16,18H,5,15H2,1-4H3/t18-/m0/s1. The van der Waals surface area contributed by atoms with Gasteiger partial charge >= 0.3 is 0 Å². The largest absolute Gasteiger partial charge is 0.497 e. The third-order valence-electron chi connectivity index (χ3n) is 5.51. The number of carbonyl (C=O) groups is 1. The van der Waals surface area contributed by atoms with E-state index in [1.165, 1.54) is 4.80 Å². The van der Waals surface area contributed by atoms with Gasteiger partial charge in [0, 0.05) is 18.2 Å². The Labute approximate surface area is 192 Å². The van der Waals surface area contributed by atoms with Crippen LogP contribution in [-0.4, -0.2) is 60.5 Å². The predicted molar refractivity (Wildman–Crippen MR) is 124 cm³/mol. The van der Waals surface area contributed by atoms with Crippen LogP contribution < -0.4 is 4.74 Å². The first-order valence-electron chi connectivity index (χ1n) is 10.8. The van der Waals surface area contributed by atoms with Crippen LogP contribution in [0.2, 0.25) is 0 Å². The molecule has 9 nitrogen and oxygen atoms in total. The monoisotopic (exact) mass is 445 g/mol. The molecule has 0 N–H and O–H groups in total. The van der Waals surface area contributed by atoms with Crippen LogP contribution in [0.5, 0.6) is 5.75 Å². The first kappa shape index (κ1) is 22.2. The fourth-order valence-electron chi connectivity index (χ4n) is 3.82. The second kappa shape index (κ2) is 9.64. The summed E-state index contributed by atoms with van der Waals surface area (Å²) in [5, 5.41) is 17.0. The molecule has 2 aromatic carbocycles. The molecule has 33 heavy (non-hydrogen) atoms. The number of hydrogen-bond donors (Lipinski definition) is 0. The summed E-state index contributed by atoms with van der Waals surface area (Å²) < 4.78 is 7.06. The third kappa shape index (κ3) is 4.77. The Bertz CT molecular complexity index is 1230. The molecule has 4 rings (SSSR count). The summed E-state index contributed by atoms with van der Waals surface area (Å²) in [6.07, 6.45) is 5.08. The molecule has 4 aromatic rings. The van der Waals surface area contributed by atoms with Crippen LogP contribution in [0.3, 0.4) is 0 Å². The van der Waals surface area contributed by atoms with Crippen LogP contribution in [0.4, 0.5) is 0 Å². The Morgan fingerprint density at radius 3 is 2.67 bits per heavy atom. The zero-order valence-corrected chi connectivity index (χ0v) is 19.2. The highest BCUT2D eigenvalue weighted by Crippen LogP contribution is 2.22. The fraction of sp³-hybridized carbons (Fsp3) is 0.292. The molecule has 2 heterocycles. The van der Waals surface area contributed by atoms with E-state index in [1.807, 2.05) is 74.3 Å². The van der Waals surface area contributed by atoms with E-state index in [0.29, 0.717) is 24.3 Å². The summed E-state index contributed by atoms with van der Waals surface area (Å²) in [5.41, 5.74) is 3.89. The van der Waals surface area contributed by atoms with E-state index in [0.717, 1.165) is 22.6 Å². The van der Waals surface area contributed by atoms with Gasteiger partial charge in [-0.1, -0.05) is 29.0 Å². The van der Waals surface area contributed by atoms with E-state index in [1.54, 1.807) is 24.2 Å². The average Bonchev–Trinajstić information content (AvgIpc) is 3.52. The number of benzene rings is 2. The van der Waals surface area contributed by atoms with Crippen LogP contribution in [0.25, 0.3) is 16.9 Å². The minimum absolute atomic E-state index is 0.0749. The third-order valence-corrected chi connectivity index (χ3v) is 5.51. The molecule has 1 atom stereocenters. The first-order valence-corrected chi connectivity index (χ1v) is 10.8. The van der Waals surface area contributed by atoms with Crippen molar-refractivity contribution in [2.45, 2.75) is 33.4 Å². The van der Waals surface area contributed by atoms with Crippen molar-refractivity contribution >= 4 is 5.91 Å². The lowest BCUT2D eigenvalue weighted by molar-refractivity contribution is 0.0684. The lowest BCUT2D eigenvalue weighted by atomic mass is 10.1. The lowest BCUT2D eigenvalue weighted by Crippen LogP contribution is -2.41. The summed E-state index contributed by atoms with van der Waals surface area (Å²) in [6.45, 7) is 7.01. The maximum Gasteiger partial charge on any atom is 0.256 e. The zero-order chi connectivity index (χ0) is 23.4. The molecule has 0 aliphatic carbocycles. The van der Waals surface area contributed by atoms with E-state index in [4.69, 9.17) is 4.74 Å². The van der Waals surface area contributed by atoms with Gasteiger partial charge in [0.15, 0.2) is 0 Å². The zero-order valence-electron chi connectivity index (χ0n) is 19.2. The fourth-order valence-corrected chi connectivity index (χ4v) is 3.82. The number of amides is 1. The second-order valence-electron chi connectivity index (χ2n) is 7.84. The summed E-state index contributed by atoms with van der Waals surface area (Å²) in [7, 11) is 1.63. The van der Waals surface area contributed by atoms with Crippen molar-refractivity contribution in [3.8, 4) is 22.7 Å². The van der Waals surface area contributed by atoms with Crippen molar-refractivity contribution in [1.82, 2.24) is 34.9 Å².